The quantitative estimate of drug-likeness (QED) is 0.0868. The highest BCUT2D eigenvalue weighted by molar-refractivity contribution is 5.97. The van der Waals surface area contributed by atoms with Gasteiger partial charge in [-0.25, -0.2) is 19.6 Å². The number of aromatic amines is 2. The number of hydrogen-bond donors (Lipinski definition) is 3. The van der Waals surface area contributed by atoms with Crippen LogP contribution in [0.5, 0.6) is 0 Å². The molecule has 2 aliphatic heterocycles. The molecule has 4 heterocycles. The van der Waals surface area contributed by atoms with Crippen LogP contribution in [0.25, 0.3) is 38.8 Å². The summed E-state index contributed by atoms with van der Waals surface area (Å²) in [5.74, 6) is 0.122. The fourth-order valence-electron chi connectivity index (χ4n) is 11.0. The second-order valence-corrected chi connectivity index (χ2v) is 20.6. The number of H-pyrrole nitrogens is 2. The number of likely N-dealkylation sites (tertiary alicyclic amines) is 2. The van der Waals surface area contributed by atoms with Crippen molar-refractivity contribution in [2.75, 3.05) is 33.4 Å². The van der Waals surface area contributed by atoms with E-state index in [1.54, 1.807) is 37.5 Å². The van der Waals surface area contributed by atoms with E-state index in [9.17, 15) is 45.5 Å². The zero-order chi connectivity index (χ0) is 53.5. The van der Waals surface area contributed by atoms with Gasteiger partial charge in [0.1, 0.15) is 23.4 Å². The Morgan fingerprint density at radius 1 is 0.773 bits per heavy atom. The summed E-state index contributed by atoms with van der Waals surface area (Å²) in [6.45, 7) is 3.91. The molecule has 0 spiro atoms. The fourth-order valence-corrected chi connectivity index (χ4v) is 11.0. The van der Waals surface area contributed by atoms with E-state index >= 15 is 0 Å². The van der Waals surface area contributed by atoms with Crippen LogP contribution >= 0.6 is 0 Å². The van der Waals surface area contributed by atoms with Crippen molar-refractivity contribution in [3.63, 3.8) is 0 Å². The Labute approximate surface area is 429 Å². The number of fused-ring (bicyclic) bond motifs is 2. The molecule has 20 heteroatoms. The number of aryl methyl sites for hydroxylation is 2. The molecule has 5 aromatic rings. The van der Waals surface area contributed by atoms with Crippen LogP contribution in [-0.2, 0) is 31.9 Å². The van der Waals surface area contributed by atoms with Crippen LogP contribution in [0.3, 0.4) is 0 Å². The van der Waals surface area contributed by atoms with Crippen molar-refractivity contribution in [3.8, 4) is 11.1 Å². The van der Waals surface area contributed by atoms with Gasteiger partial charge in [-0.15, -0.1) is 0 Å². The summed E-state index contributed by atoms with van der Waals surface area (Å²) in [5.41, 5.74) is 11.5. The minimum atomic E-state index is -4.71. The van der Waals surface area contributed by atoms with Crippen LogP contribution in [0.15, 0.2) is 83.6 Å². The number of carbonyl (C=O) groups is 4. The van der Waals surface area contributed by atoms with Gasteiger partial charge in [-0.1, -0.05) is 56.3 Å². The van der Waals surface area contributed by atoms with Gasteiger partial charge in [0.15, 0.2) is 13.2 Å². The standard InChI is InChI=1S/C55H60F6N8O6/c1-30(2)46(66-52(72)74-28-54(56,57)58)50(70)68-22-6-8-44(68)48-62-40-20-18-36(26-42(40)64-48)38-24-32-10-14-34(38)15-11-33-13-17-35(16-12-32)39(25-33)37-19-21-41-43(27-37)65-49(63-41)45-9-7-23-69(45)51(71)47(31(3)4)67(5)53(73)75-29-55(59,60)61/h10,13-14,17-21,25-27,31-32,44-45,47H,6-9,11-12,15-16,22-24,28-29H2,1-5H3,(H,62,64)(H,63,65)(H,66,72)/t32-,44-,45-,47-/m0/s1. The molecule has 398 valence electrons. The first kappa shape index (κ1) is 52.7. The summed E-state index contributed by atoms with van der Waals surface area (Å²) in [4.78, 5) is 73.8. The molecular weight excluding hydrogens is 983 g/mol. The fraction of sp³-hybridized carbons (Fsp3) is 0.455. The van der Waals surface area contributed by atoms with Gasteiger partial charge in [0.25, 0.3) is 5.91 Å². The summed E-state index contributed by atoms with van der Waals surface area (Å²) in [7, 11) is 1.28. The van der Waals surface area contributed by atoms with Gasteiger partial charge in [0.2, 0.25) is 5.91 Å². The smallest absolute Gasteiger partial charge is 0.422 e. The van der Waals surface area contributed by atoms with Crippen molar-refractivity contribution in [1.82, 2.24) is 40.0 Å². The Hall–Kier alpha value is -7.12. The average molecular weight is 1040 g/mol. The second kappa shape index (κ2) is 21.2. The number of likely N-dealkylation sites (N-methyl/N-ethyl adjacent to an activating group) is 1. The molecule has 4 amide bonds. The predicted molar refractivity (Wildman–Crippen MR) is 269 cm³/mol. The average Bonchev–Trinajstić information content (AvgIpc) is 4.20. The summed E-state index contributed by atoms with van der Waals surface area (Å²) >= 11 is 0. The first-order chi connectivity index (χ1) is 35.6. The lowest BCUT2D eigenvalue weighted by atomic mass is 9.80. The number of alkyl halides is 6. The molecule has 12 rings (SSSR count). The van der Waals surface area contributed by atoms with Crippen LogP contribution in [0.1, 0.15) is 113 Å². The van der Waals surface area contributed by atoms with Gasteiger partial charge in [0, 0.05) is 20.1 Å². The van der Waals surface area contributed by atoms with Gasteiger partial charge in [0.05, 0.1) is 34.2 Å². The topological polar surface area (TPSA) is 166 Å². The van der Waals surface area contributed by atoms with Gasteiger partial charge in [-0.2, -0.15) is 26.3 Å². The SMILES string of the molecule is CC(C)=C(NC(=O)OCC(F)(F)F)C(=O)N1CCC[C@H]1c1nc2ccc(C3=C4C=C[C@@H](CCc5ccc(cc5-c5ccc6nc([C@@H]7CCCN7C(=O)[C@H](C(C)C)N(C)C(=O)OCC(F)(F)F)[nH]c6c5)CC4)C3)cc2[nH]1. The monoisotopic (exact) mass is 1040 g/mol. The number of nitrogens with zero attached hydrogens (tertiary/aromatic N) is 5. The van der Waals surface area contributed by atoms with Crippen molar-refractivity contribution in [1.29, 1.82) is 0 Å². The maximum atomic E-state index is 14.1. The minimum absolute atomic E-state index is 0.139. The lowest BCUT2D eigenvalue weighted by molar-refractivity contribution is -0.163. The molecule has 2 fully saturated rings. The number of carbonyl (C=O) groups excluding carboxylic acids is 4. The Morgan fingerprint density at radius 3 is 2.03 bits per heavy atom. The van der Waals surface area contributed by atoms with Gasteiger partial charge < -0.3 is 29.2 Å². The number of allylic oxidation sites excluding steroid dienone is 5. The third kappa shape index (κ3) is 11.7. The van der Waals surface area contributed by atoms with Gasteiger partial charge >= 0.3 is 24.5 Å². The van der Waals surface area contributed by atoms with Crippen LogP contribution in [-0.4, -0.2) is 110 Å². The normalized spacial score (nSPS) is 19.4. The molecule has 75 heavy (non-hydrogen) atoms. The van der Waals surface area contributed by atoms with E-state index in [-0.39, 0.29) is 17.5 Å². The Kier molecular flexibility index (Phi) is 14.9. The minimum Gasteiger partial charge on any atom is -0.440 e. The Bertz CT molecular complexity index is 3110. The highest BCUT2D eigenvalue weighted by Gasteiger charge is 2.41. The van der Waals surface area contributed by atoms with E-state index in [2.05, 4.69) is 79.4 Å². The van der Waals surface area contributed by atoms with E-state index in [4.69, 9.17) is 9.97 Å². The number of aromatic nitrogens is 4. The molecule has 7 aliphatic rings. The number of halogens is 6. The first-order valence-electron chi connectivity index (χ1n) is 25.4. The molecule has 2 aromatic heterocycles. The van der Waals surface area contributed by atoms with E-state index in [0.29, 0.717) is 56.0 Å². The van der Waals surface area contributed by atoms with Crippen molar-refractivity contribution in [2.24, 2.45) is 11.8 Å². The maximum absolute atomic E-state index is 14.1. The Morgan fingerprint density at radius 2 is 1.39 bits per heavy atom. The number of nitrogens with one attached hydrogen (secondary N) is 3. The van der Waals surface area contributed by atoms with Crippen molar-refractivity contribution < 1.29 is 55.0 Å². The molecule has 5 aliphatic carbocycles. The number of benzene rings is 3. The lowest BCUT2D eigenvalue weighted by Crippen LogP contribution is -2.52. The molecule has 0 unspecified atom stereocenters. The maximum Gasteiger partial charge on any atom is 0.422 e. The Balaban J connectivity index is 0.912. The molecule has 3 N–H and O–H groups in total. The molecule has 2 saturated heterocycles. The molecule has 0 saturated carbocycles. The third-order valence-electron chi connectivity index (χ3n) is 14.7. The molecule has 14 nitrogen and oxygen atoms in total. The van der Waals surface area contributed by atoms with Crippen LogP contribution in [0.2, 0.25) is 0 Å². The first-order valence-corrected chi connectivity index (χ1v) is 25.4. The van der Waals surface area contributed by atoms with E-state index in [1.165, 1.54) is 29.3 Å². The van der Waals surface area contributed by atoms with Crippen molar-refractivity contribution in [3.05, 3.63) is 112 Å². The largest absolute Gasteiger partial charge is 0.440 e. The lowest BCUT2D eigenvalue weighted by Gasteiger charge is -2.34. The highest BCUT2D eigenvalue weighted by atomic mass is 19.4. The summed E-state index contributed by atoms with van der Waals surface area (Å²) < 4.78 is 85.5. The van der Waals surface area contributed by atoms with Crippen molar-refractivity contribution in [2.45, 2.75) is 116 Å². The molecular formula is C55H60F6N8O6. The van der Waals surface area contributed by atoms with E-state index in [0.717, 1.165) is 75.8 Å². The predicted octanol–water partition coefficient (Wildman–Crippen LogP) is 11.6. The van der Waals surface area contributed by atoms with E-state index in [1.807, 2.05) is 12.1 Å². The zero-order valence-electron chi connectivity index (χ0n) is 42.4. The van der Waals surface area contributed by atoms with Crippen molar-refractivity contribution >= 4 is 51.6 Å². The van der Waals surface area contributed by atoms with Crippen LogP contribution < -0.4 is 5.32 Å². The van der Waals surface area contributed by atoms with E-state index < -0.39 is 67.7 Å². The summed E-state index contributed by atoms with van der Waals surface area (Å²) in [6.07, 6.45) is -0.659. The molecule has 0 radical (unpaired) electrons. The number of alkyl carbamates (subject to hydrolysis) is 1. The molecule has 4 atom stereocenters. The summed E-state index contributed by atoms with van der Waals surface area (Å²) in [6, 6.07) is 17.1. The van der Waals surface area contributed by atoms with Gasteiger partial charge in [-0.05, 0) is 152 Å². The number of ether oxygens (including phenoxy) is 2. The van der Waals surface area contributed by atoms with Gasteiger partial charge in [-0.3, -0.25) is 19.8 Å². The molecule has 3 aromatic carbocycles. The third-order valence-corrected chi connectivity index (χ3v) is 14.7. The summed E-state index contributed by atoms with van der Waals surface area (Å²) in [5, 5.41) is 2.23. The molecule has 4 bridgehead atoms. The zero-order valence-corrected chi connectivity index (χ0v) is 42.4. The number of amides is 4. The number of rotatable bonds is 11. The van der Waals surface area contributed by atoms with Crippen LogP contribution in [0, 0.1) is 11.8 Å². The highest BCUT2D eigenvalue weighted by Crippen LogP contribution is 2.41. The second-order valence-electron chi connectivity index (χ2n) is 20.6. The number of hydrogen-bond acceptors (Lipinski definition) is 8. The van der Waals surface area contributed by atoms with Crippen LogP contribution in [0.4, 0.5) is 35.9 Å². The number of imidazole rings is 2.